The number of rotatable bonds is 12. The molecule has 3 N–H and O–H groups in total. The quantitative estimate of drug-likeness (QED) is 0.305. The Kier molecular flexibility index (Phi) is 8.38. The predicted octanol–water partition coefficient (Wildman–Crippen LogP) is 5.61. The summed E-state index contributed by atoms with van der Waals surface area (Å²) in [4.78, 5) is 24.2. The molecule has 2 aromatic carbocycles. The first-order chi connectivity index (χ1) is 17.4. The molecule has 2 unspecified atom stereocenters. The molecule has 8 heteroatoms. The van der Waals surface area contributed by atoms with Crippen LogP contribution in [0, 0.1) is 5.92 Å². The molecule has 0 radical (unpaired) electrons. The molecule has 8 nitrogen and oxygen atoms in total. The van der Waals surface area contributed by atoms with E-state index in [2.05, 4.69) is 15.7 Å². The van der Waals surface area contributed by atoms with Crippen molar-refractivity contribution in [2.75, 3.05) is 5.32 Å². The number of hydrogen-bond acceptors (Lipinski definition) is 5. The van der Waals surface area contributed by atoms with Crippen LogP contribution in [-0.2, 0) is 22.6 Å². The molecule has 190 valence electrons. The zero-order chi connectivity index (χ0) is 25.5. The van der Waals surface area contributed by atoms with Crippen LogP contribution < -0.4 is 10.6 Å². The lowest BCUT2D eigenvalue weighted by atomic mass is 10.1. The molecule has 0 aliphatic heterocycles. The molecule has 1 saturated carbocycles. The molecule has 1 fully saturated rings. The SMILES string of the molecule is CCn1cc(NC(=O)OC(C)c2ccccc2)c(-c2ccc(CNC(CCC3CC3)C(=O)O)cc2)n1. The summed E-state index contributed by atoms with van der Waals surface area (Å²) < 4.78 is 7.32. The Morgan fingerprint density at radius 1 is 1.14 bits per heavy atom. The molecule has 1 heterocycles. The van der Waals surface area contributed by atoms with Crippen LogP contribution >= 0.6 is 0 Å². The normalized spacial score (nSPS) is 14.7. The van der Waals surface area contributed by atoms with Gasteiger partial charge in [-0.2, -0.15) is 5.10 Å². The van der Waals surface area contributed by atoms with Crippen molar-refractivity contribution in [3.05, 3.63) is 71.9 Å². The number of aryl methyl sites for hydroxylation is 1. The lowest BCUT2D eigenvalue weighted by molar-refractivity contribution is -0.139. The van der Waals surface area contributed by atoms with Gasteiger partial charge in [0.15, 0.2) is 0 Å². The monoisotopic (exact) mass is 490 g/mol. The molecule has 1 aromatic heterocycles. The number of amides is 1. The molecule has 0 saturated heterocycles. The highest BCUT2D eigenvalue weighted by atomic mass is 16.6. The van der Waals surface area contributed by atoms with Gasteiger partial charge in [-0.05, 0) is 43.7 Å². The Balaban J connectivity index is 1.39. The second-order valence-electron chi connectivity index (χ2n) is 9.32. The van der Waals surface area contributed by atoms with E-state index < -0.39 is 18.1 Å². The first-order valence-electron chi connectivity index (χ1n) is 12.6. The van der Waals surface area contributed by atoms with E-state index in [0.717, 1.165) is 23.1 Å². The summed E-state index contributed by atoms with van der Waals surface area (Å²) in [5.74, 6) is -0.0981. The third-order valence-electron chi connectivity index (χ3n) is 6.51. The number of carboxylic acid groups (broad SMARTS) is 1. The average Bonchev–Trinajstić information content (AvgIpc) is 3.63. The highest BCUT2D eigenvalue weighted by Gasteiger charge is 2.25. The number of carboxylic acids is 1. The first-order valence-corrected chi connectivity index (χ1v) is 12.6. The number of aliphatic carboxylic acids is 1. The molecule has 1 aliphatic rings. The number of carbonyl (C=O) groups excluding carboxylic acids is 1. The summed E-state index contributed by atoms with van der Waals surface area (Å²) in [5, 5.41) is 20.1. The van der Waals surface area contributed by atoms with E-state index in [-0.39, 0.29) is 6.10 Å². The summed E-state index contributed by atoms with van der Waals surface area (Å²) in [6.45, 7) is 4.94. The van der Waals surface area contributed by atoms with Gasteiger partial charge < -0.3 is 15.2 Å². The van der Waals surface area contributed by atoms with E-state index >= 15 is 0 Å². The summed E-state index contributed by atoms with van der Waals surface area (Å²) >= 11 is 0. The fourth-order valence-corrected chi connectivity index (χ4v) is 4.12. The molecule has 0 bridgehead atoms. The Hall–Kier alpha value is -3.65. The van der Waals surface area contributed by atoms with Gasteiger partial charge in [-0.15, -0.1) is 0 Å². The first kappa shape index (κ1) is 25.4. The zero-order valence-electron chi connectivity index (χ0n) is 20.8. The minimum Gasteiger partial charge on any atom is -0.480 e. The van der Waals surface area contributed by atoms with Crippen molar-refractivity contribution in [3.63, 3.8) is 0 Å². The van der Waals surface area contributed by atoms with E-state index in [4.69, 9.17) is 4.74 Å². The van der Waals surface area contributed by atoms with Gasteiger partial charge in [0.05, 0.1) is 5.69 Å². The van der Waals surface area contributed by atoms with Crippen LogP contribution in [-0.4, -0.2) is 33.0 Å². The van der Waals surface area contributed by atoms with Crippen LogP contribution in [0.5, 0.6) is 0 Å². The Morgan fingerprint density at radius 2 is 1.86 bits per heavy atom. The third kappa shape index (κ3) is 6.95. The Labute approximate surface area is 211 Å². The molecule has 2 atom stereocenters. The highest BCUT2D eigenvalue weighted by molar-refractivity contribution is 5.90. The van der Waals surface area contributed by atoms with Crippen molar-refractivity contribution >= 4 is 17.7 Å². The Bertz CT molecular complexity index is 1160. The maximum absolute atomic E-state index is 12.6. The molecular weight excluding hydrogens is 456 g/mol. The largest absolute Gasteiger partial charge is 0.480 e. The van der Waals surface area contributed by atoms with Crippen molar-refractivity contribution in [2.24, 2.45) is 5.92 Å². The van der Waals surface area contributed by atoms with E-state index in [0.29, 0.717) is 36.8 Å². The molecule has 4 rings (SSSR count). The molecule has 36 heavy (non-hydrogen) atoms. The summed E-state index contributed by atoms with van der Waals surface area (Å²) in [6.07, 6.45) is 4.92. The van der Waals surface area contributed by atoms with Crippen molar-refractivity contribution in [3.8, 4) is 11.3 Å². The van der Waals surface area contributed by atoms with Crippen LogP contribution in [0.3, 0.4) is 0 Å². The Morgan fingerprint density at radius 3 is 2.50 bits per heavy atom. The third-order valence-corrected chi connectivity index (χ3v) is 6.51. The van der Waals surface area contributed by atoms with E-state index in [9.17, 15) is 14.7 Å². The zero-order valence-corrected chi connectivity index (χ0v) is 20.8. The minimum absolute atomic E-state index is 0.387. The predicted molar refractivity (Wildman–Crippen MR) is 139 cm³/mol. The summed E-state index contributed by atoms with van der Waals surface area (Å²) in [7, 11) is 0. The summed E-state index contributed by atoms with van der Waals surface area (Å²) in [6, 6.07) is 16.8. The van der Waals surface area contributed by atoms with Crippen LogP contribution in [0.1, 0.15) is 56.8 Å². The number of nitrogens with one attached hydrogen (secondary N) is 2. The van der Waals surface area contributed by atoms with Crippen LogP contribution in [0.4, 0.5) is 10.5 Å². The van der Waals surface area contributed by atoms with Crippen LogP contribution in [0.25, 0.3) is 11.3 Å². The van der Waals surface area contributed by atoms with E-state index in [1.807, 2.05) is 68.4 Å². The number of hydrogen-bond donors (Lipinski definition) is 3. The van der Waals surface area contributed by atoms with Gasteiger partial charge in [0.25, 0.3) is 0 Å². The van der Waals surface area contributed by atoms with Crippen LogP contribution in [0.2, 0.25) is 0 Å². The minimum atomic E-state index is -0.804. The second-order valence-corrected chi connectivity index (χ2v) is 9.32. The van der Waals surface area contributed by atoms with E-state index in [1.165, 1.54) is 12.8 Å². The fraction of sp³-hybridized carbons (Fsp3) is 0.393. The van der Waals surface area contributed by atoms with Gasteiger partial charge in [-0.3, -0.25) is 14.8 Å². The van der Waals surface area contributed by atoms with Gasteiger partial charge in [-0.1, -0.05) is 67.4 Å². The van der Waals surface area contributed by atoms with Gasteiger partial charge >= 0.3 is 12.1 Å². The molecule has 0 spiro atoms. The number of nitrogens with zero attached hydrogens (tertiary/aromatic N) is 2. The maximum Gasteiger partial charge on any atom is 0.412 e. The van der Waals surface area contributed by atoms with Crippen molar-refractivity contribution in [1.29, 1.82) is 0 Å². The van der Waals surface area contributed by atoms with Crippen molar-refractivity contribution in [2.45, 2.75) is 64.8 Å². The standard InChI is InChI=1S/C28H34N4O4/c1-3-32-18-25(30-28(35)36-19(2)22-7-5-4-6-8-22)26(31-32)23-14-11-21(12-15-23)17-29-24(27(33)34)16-13-20-9-10-20/h4-8,11-12,14-15,18-20,24,29H,3,9-10,13,16-17H2,1-2H3,(H,30,35)(H,33,34). The summed E-state index contributed by atoms with van der Waals surface area (Å²) in [5.41, 5.74) is 3.96. The number of benzene rings is 2. The molecule has 1 amide bonds. The number of ether oxygens (including phenoxy) is 1. The van der Waals surface area contributed by atoms with Crippen LogP contribution in [0.15, 0.2) is 60.8 Å². The smallest absolute Gasteiger partial charge is 0.412 e. The van der Waals surface area contributed by atoms with Crippen molar-refractivity contribution in [1.82, 2.24) is 15.1 Å². The topological polar surface area (TPSA) is 105 Å². The molecule has 1 aliphatic carbocycles. The number of aromatic nitrogens is 2. The van der Waals surface area contributed by atoms with Gasteiger partial charge in [0.1, 0.15) is 17.8 Å². The second kappa shape index (κ2) is 11.9. The lowest BCUT2D eigenvalue weighted by Crippen LogP contribution is -2.36. The lowest BCUT2D eigenvalue weighted by Gasteiger charge is -2.15. The molecular formula is C28H34N4O4. The van der Waals surface area contributed by atoms with Gasteiger partial charge in [-0.25, -0.2) is 4.79 Å². The van der Waals surface area contributed by atoms with E-state index in [1.54, 1.807) is 10.9 Å². The number of anilines is 1. The number of carbonyl (C=O) groups is 2. The highest BCUT2D eigenvalue weighted by Crippen LogP contribution is 2.34. The molecule has 3 aromatic rings. The fourth-order valence-electron chi connectivity index (χ4n) is 4.12. The average molecular weight is 491 g/mol. The maximum atomic E-state index is 12.6. The van der Waals surface area contributed by atoms with Gasteiger partial charge in [0, 0.05) is 24.8 Å². The van der Waals surface area contributed by atoms with Crippen molar-refractivity contribution < 1.29 is 19.4 Å². The van der Waals surface area contributed by atoms with Gasteiger partial charge in [0.2, 0.25) is 0 Å².